The summed E-state index contributed by atoms with van der Waals surface area (Å²) in [6, 6.07) is 12.8. The van der Waals surface area contributed by atoms with Gasteiger partial charge < -0.3 is 9.64 Å². The first-order valence-electron chi connectivity index (χ1n) is 11.4. The minimum atomic E-state index is -0.547. The highest BCUT2D eigenvalue weighted by Crippen LogP contribution is 2.32. The van der Waals surface area contributed by atoms with Crippen LogP contribution >= 0.6 is 0 Å². The number of nitrogens with zero attached hydrogens (tertiary/aromatic N) is 2. The van der Waals surface area contributed by atoms with Crippen LogP contribution in [-0.2, 0) is 4.74 Å². The van der Waals surface area contributed by atoms with Crippen molar-refractivity contribution >= 4 is 6.09 Å². The highest BCUT2D eigenvalue weighted by atomic mass is 19.1. The zero-order chi connectivity index (χ0) is 23.3. The van der Waals surface area contributed by atoms with E-state index in [1.807, 2.05) is 25.7 Å². The number of carbonyl (C=O) groups excluding carboxylic acids is 1. The molecule has 3 rings (SSSR count). The van der Waals surface area contributed by atoms with Crippen LogP contribution in [0.4, 0.5) is 13.6 Å². The fraction of sp³-hybridized carbons (Fsp3) is 0.500. The molecule has 2 aromatic rings. The van der Waals surface area contributed by atoms with Crippen molar-refractivity contribution in [2.75, 3.05) is 19.6 Å². The maximum atomic E-state index is 13.6. The van der Waals surface area contributed by atoms with Gasteiger partial charge in [0.2, 0.25) is 0 Å². The van der Waals surface area contributed by atoms with E-state index in [0.29, 0.717) is 19.6 Å². The van der Waals surface area contributed by atoms with Crippen LogP contribution in [0.3, 0.4) is 0 Å². The molecule has 0 spiro atoms. The zero-order valence-electron chi connectivity index (χ0n) is 19.5. The number of hydrogen-bond donors (Lipinski definition) is 0. The SMILES string of the molecule is CCCCC1CN(C(c2ccc(F)cc2)c2ccc(F)cc2)CCN1C(=O)OC(C)(C)C. The van der Waals surface area contributed by atoms with E-state index >= 15 is 0 Å². The number of carbonyl (C=O) groups is 1. The first-order valence-corrected chi connectivity index (χ1v) is 11.4. The molecule has 1 amide bonds. The Morgan fingerprint density at radius 1 is 1.00 bits per heavy atom. The molecule has 0 aromatic heterocycles. The lowest BCUT2D eigenvalue weighted by Crippen LogP contribution is -2.56. The van der Waals surface area contributed by atoms with Gasteiger partial charge in [-0.15, -0.1) is 0 Å². The molecule has 0 radical (unpaired) electrons. The van der Waals surface area contributed by atoms with Gasteiger partial charge in [0.05, 0.1) is 6.04 Å². The summed E-state index contributed by atoms with van der Waals surface area (Å²) in [5.41, 5.74) is 1.34. The van der Waals surface area contributed by atoms with Crippen LogP contribution in [0.25, 0.3) is 0 Å². The Labute approximate surface area is 190 Å². The fourth-order valence-corrected chi connectivity index (χ4v) is 4.27. The fourth-order valence-electron chi connectivity index (χ4n) is 4.27. The third-order valence-corrected chi connectivity index (χ3v) is 5.77. The average molecular weight is 445 g/mol. The van der Waals surface area contributed by atoms with E-state index in [4.69, 9.17) is 4.74 Å². The summed E-state index contributed by atoms with van der Waals surface area (Å²) in [6.07, 6.45) is 2.65. The number of piperazine rings is 1. The van der Waals surface area contributed by atoms with Crippen molar-refractivity contribution in [3.05, 3.63) is 71.3 Å². The number of benzene rings is 2. The molecule has 1 atom stereocenters. The van der Waals surface area contributed by atoms with E-state index in [9.17, 15) is 13.6 Å². The van der Waals surface area contributed by atoms with Crippen LogP contribution in [0, 0.1) is 11.6 Å². The van der Waals surface area contributed by atoms with Crippen molar-refractivity contribution in [3.63, 3.8) is 0 Å². The van der Waals surface area contributed by atoms with Gasteiger partial charge in [0.1, 0.15) is 17.2 Å². The van der Waals surface area contributed by atoms with Gasteiger partial charge in [-0.1, -0.05) is 44.0 Å². The van der Waals surface area contributed by atoms with Crippen LogP contribution in [0.2, 0.25) is 0 Å². The molecular formula is C26H34F2N2O2. The van der Waals surface area contributed by atoms with Crippen LogP contribution < -0.4 is 0 Å². The standard InChI is InChI=1S/C26H34F2N2O2/c1-5-6-7-23-18-29(16-17-30(23)25(31)32-26(2,3)4)24(19-8-12-21(27)13-9-19)20-10-14-22(28)15-11-20/h8-15,23-24H,5-7,16-18H2,1-4H3. The number of unbranched alkanes of at least 4 members (excludes halogenated alkanes) is 1. The minimum absolute atomic E-state index is 0.0157. The molecule has 0 aliphatic carbocycles. The van der Waals surface area contributed by atoms with Crippen molar-refractivity contribution in [2.45, 2.75) is 64.6 Å². The Bertz CT molecular complexity index is 833. The molecule has 1 aliphatic heterocycles. The van der Waals surface area contributed by atoms with Crippen molar-refractivity contribution < 1.29 is 18.3 Å². The summed E-state index contributed by atoms with van der Waals surface area (Å²) in [7, 11) is 0. The molecule has 1 heterocycles. The molecule has 1 aliphatic rings. The lowest BCUT2D eigenvalue weighted by molar-refractivity contribution is -0.00711. The quantitative estimate of drug-likeness (QED) is 0.534. The normalized spacial score (nSPS) is 17.6. The zero-order valence-corrected chi connectivity index (χ0v) is 19.5. The van der Waals surface area contributed by atoms with E-state index in [1.54, 1.807) is 24.3 Å². The van der Waals surface area contributed by atoms with Gasteiger partial charge in [-0.05, 0) is 62.6 Å². The first kappa shape index (κ1) is 24.2. The summed E-state index contributed by atoms with van der Waals surface area (Å²) in [4.78, 5) is 17.0. The summed E-state index contributed by atoms with van der Waals surface area (Å²) in [6.45, 7) is 9.62. The Kier molecular flexibility index (Phi) is 7.88. The maximum absolute atomic E-state index is 13.6. The van der Waals surface area contributed by atoms with Gasteiger partial charge in [0.15, 0.2) is 0 Å². The second kappa shape index (κ2) is 10.4. The van der Waals surface area contributed by atoms with Gasteiger partial charge >= 0.3 is 6.09 Å². The minimum Gasteiger partial charge on any atom is -0.444 e. The summed E-state index contributed by atoms with van der Waals surface area (Å²) >= 11 is 0. The summed E-state index contributed by atoms with van der Waals surface area (Å²) in [5.74, 6) is -0.579. The summed E-state index contributed by atoms with van der Waals surface area (Å²) < 4.78 is 32.9. The monoisotopic (exact) mass is 444 g/mol. The molecule has 1 saturated heterocycles. The number of ether oxygens (including phenoxy) is 1. The predicted molar refractivity (Wildman–Crippen MR) is 122 cm³/mol. The van der Waals surface area contributed by atoms with Crippen LogP contribution in [-0.4, -0.2) is 47.2 Å². The largest absolute Gasteiger partial charge is 0.444 e. The molecule has 1 unspecified atom stereocenters. The van der Waals surface area contributed by atoms with Crippen molar-refractivity contribution in [2.24, 2.45) is 0 Å². The van der Waals surface area contributed by atoms with Gasteiger partial charge in [-0.3, -0.25) is 4.90 Å². The van der Waals surface area contributed by atoms with E-state index in [0.717, 1.165) is 30.4 Å². The Balaban J connectivity index is 1.89. The van der Waals surface area contributed by atoms with E-state index in [1.165, 1.54) is 24.3 Å². The van der Waals surface area contributed by atoms with E-state index in [-0.39, 0.29) is 29.8 Å². The molecule has 174 valence electrons. The molecule has 6 heteroatoms. The van der Waals surface area contributed by atoms with Crippen molar-refractivity contribution in [1.82, 2.24) is 9.80 Å². The molecule has 2 aromatic carbocycles. The van der Waals surface area contributed by atoms with Crippen LogP contribution in [0.5, 0.6) is 0 Å². The second-order valence-electron chi connectivity index (χ2n) is 9.47. The Morgan fingerprint density at radius 2 is 1.53 bits per heavy atom. The Hall–Kier alpha value is -2.47. The van der Waals surface area contributed by atoms with E-state index < -0.39 is 5.60 Å². The van der Waals surface area contributed by atoms with Gasteiger partial charge in [0, 0.05) is 25.7 Å². The lowest BCUT2D eigenvalue weighted by atomic mass is 9.94. The molecule has 0 saturated carbocycles. The second-order valence-corrected chi connectivity index (χ2v) is 9.47. The highest BCUT2D eigenvalue weighted by Gasteiger charge is 2.36. The number of halogens is 2. The number of rotatable bonds is 6. The molecule has 1 fully saturated rings. The van der Waals surface area contributed by atoms with Crippen molar-refractivity contribution in [3.8, 4) is 0 Å². The lowest BCUT2D eigenvalue weighted by Gasteiger charge is -2.45. The number of hydrogen-bond acceptors (Lipinski definition) is 3. The Morgan fingerprint density at radius 3 is 2.00 bits per heavy atom. The van der Waals surface area contributed by atoms with Gasteiger partial charge in [0.25, 0.3) is 0 Å². The number of amides is 1. The van der Waals surface area contributed by atoms with Crippen molar-refractivity contribution in [1.29, 1.82) is 0 Å². The topological polar surface area (TPSA) is 32.8 Å². The highest BCUT2D eigenvalue weighted by molar-refractivity contribution is 5.68. The molecule has 0 N–H and O–H groups in total. The third-order valence-electron chi connectivity index (χ3n) is 5.77. The first-order chi connectivity index (χ1) is 15.2. The van der Waals surface area contributed by atoms with Gasteiger partial charge in [-0.25, -0.2) is 13.6 Å². The maximum Gasteiger partial charge on any atom is 0.410 e. The van der Waals surface area contributed by atoms with Crippen LogP contribution in [0.15, 0.2) is 48.5 Å². The van der Waals surface area contributed by atoms with Crippen LogP contribution in [0.1, 0.15) is 64.1 Å². The molecular weight excluding hydrogens is 410 g/mol. The predicted octanol–water partition coefficient (Wildman–Crippen LogP) is 6.17. The average Bonchev–Trinajstić information content (AvgIpc) is 2.74. The molecule has 32 heavy (non-hydrogen) atoms. The molecule has 4 nitrogen and oxygen atoms in total. The molecule has 0 bridgehead atoms. The summed E-state index contributed by atoms with van der Waals surface area (Å²) in [5, 5.41) is 0. The smallest absolute Gasteiger partial charge is 0.410 e. The van der Waals surface area contributed by atoms with E-state index in [2.05, 4.69) is 11.8 Å². The van der Waals surface area contributed by atoms with Gasteiger partial charge in [-0.2, -0.15) is 0 Å². The third kappa shape index (κ3) is 6.28.